The van der Waals surface area contributed by atoms with Gasteiger partial charge >= 0.3 is 5.97 Å². The topological polar surface area (TPSA) is 59.0 Å². The molecular weight excluding hydrogens is 268 g/mol. The maximum Gasteiger partial charge on any atom is 0.306 e. The van der Waals surface area contributed by atoms with E-state index in [2.05, 4.69) is 9.84 Å². The van der Waals surface area contributed by atoms with Crippen LogP contribution in [0, 0.1) is 5.92 Å². The lowest BCUT2D eigenvalue weighted by molar-refractivity contribution is -0.142. The molecule has 100 valence electrons. The number of anilines is 1. The van der Waals surface area contributed by atoms with Crippen molar-refractivity contribution in [3.8, 4) is 0 Å². The van der Waals surface area contributed by atoms with E-state index in [1.807, 2.05) is 0 Å². The summed E-state index contributed by atoms with van der Waals surface area (Å²) >= 11 is 5.89. The molecule has 2 rings (SSSR count). The molecule has 0 fully saturated rings. The Hall–Kier alpha value is -1.88. The van der Waals surface area contributed by atoms with E-state index in [-0.39, 0.29) is 12.3 Å². The van der Waals surface area contributed by atoms with Crippen LogP contribution in [0.2, 0.25) is 5.02 Å². The predicted molar refractivity (Wildman–Crippen MR) is 72.2 cm³/mol. The molecule has 0 N–H and O–H groups in total. The van der Waals surface area contributed by atoms with Crippen LogP contribution in [0.5, 0.6) is 0 Å². The molecule has 0 spiro atoms. The summed E-state index contributed by atoms with van der Waals surface area (Å²) in [6, 6.07) is 6.84. The average Bonchev–Trinajstić information content (AvgIpc) is 2.66. The molecule has 1 heterocycles. The Morgan fingerprint density at radius 1 is 1.53 bits per heavy atom. The Labute approximate surface area is 115 Å². The second-order valence-corrected chi connectivity index (χ2v) is 4.64. The molecule has 5 nitrogen and oxygen atoms in total. The molecule has 1 atom stereocenters. The lowest BCUT2D eigenvalue weighted by Crippen LogP contribution is -2.29. The molecule has 0 aromatic heterocycles. The van der Waals surface area contributed by atoms with Crippen molar-refractivity contribution in [2.45, 2.75) is 13.3 Å². The van der Waals surface area contributed by atoms with Crippen molar-refractivity contribution in [3.05, 3.63) is 29.3 Å². The summed E-state index contributed by atoms with van der Waals surface area (Å²) in [5.74, 6) is -1.24. The predicted octanol–water partition coefficient (Wildman–Crippen LogP) is 2.24. The maximum atomic E-state index is 12.2. The number of carbonyl (C=O) groups is 2. The van der Waals surface area contributed by atoms with Crippen molar-refractivity contribution in [2.75, 3.05) is 12.1 Å². The monoisotopic (exact) mass is 280 g/mol. The molecule has 1 aliphatic rings. The summed E-state index contributed by atoms with van der Waals surface area (Å²) in [6.45, 7) is 1.72. The van der Waals surface area contributed by atoms with E-state index in [1.165, 1.54) is 12.1 Å². The van der Waals surface area contributed by atoms with Crippen LogP contribution in [0.15, 0.2) is 29.4 Å². The van der Waals surface area contributed by atoms with E-state index >= 15 is 0 Å². The number of benzene rings is 1. The number of nitrogens with zero attached hydrogens (tertiary/aromatic N) is 2. The van der Waals surface area contributed by atoms with Gasteiger partial charge in [0.1, 0.15) is 0 Å². The van der Waals surface area contributed by atoms with E-state index in [9.17, 15) is 9.59 Å². The third kappa shape index (κ3) is 2.76. The van der Waals surface area contributed by atoms with Crippen LogP contribution >= 0.6 is 11.6 Å². The average molecular weight is 281 g/mol. The van der Waals surface area contributed by atoms with Gasteiger partial charge in [-0.15, -0.1) is 0 Å². The SMILES string of the molecule is COC(=O)CC1C(=O)N(c2cccc(Cl)c2)N=C1C. The summed E-state index contributed by atoms with van der Waals surface area (Å²) in [4.78, 5) is 23.5. The Bertz CT molecular complexity index is 557. The number of amides is 1. The molecule has 0 aliphatic carbocycles. The number of rotatable bonds is 3. The third-order valence-corrected chi connectivity index (χ3v) is 3.16. The highest BCUT2D eigenvalue weighted by atomic mass is 35.5. The number of hydrogen-bond donors (Lipinski definition) is 0. The molecule has 0 radical (unpaired) electrons. The second-order valence-electron chi connectivity index (χ2n) is 4.20. The molecule has 6 heteroatoms. The molecule has 19 heavy (non-hydrogen) atoms. The Balaban J connectivity index is 2.23. The van der Waals surface area contributed by atoms with Crippen LogP contribution in [0.1, 0.15) is 13.3 Å². The minimum absolute atomic E-state index is 0.00172. The zero-order valence-corrected chi connectivity index (χ0v) is 11.3. The smallest absolute Gasteiger partial charge is 0.306 e. The van der Waals surface area contributed by atoms with Crippen LogP contribution in [0.3, 0.4) is 0 Å². The van der Waals surface area contributed by atoms with Crippen molar-refractivity contribution in [1.29, 1.82) is 0 Å². The molecule has 1 aliphatic heterocycles. The van der Waals surface area contributed by atoms with Gasteiger partial charge in [0.05, 0.1) is 25.1 Å². The van der Waals surface area contributed by atoms with E-state index in [1.54, 1.807) is 31.2 Å². The van der Waals surface area contributed by atoms with Gasteiger partial charge in [-0.25, -0.2) is 5.01 Å². The minimum atomic E-state index is -0.563. The zero-order valence-electron chi connectivity index (χ0n) is 10.6. The van der Waals surface area contributed by atoms with E-state index < -0.39 is 11.9 Å². The van der Waals surface area contributed by atoms with Gasteiger partial charge in [0, 0.05) is 10.7 Å². The summed E-state index contributed by atoms with van der Waals surface area (Å²) in [5.41, 5.74) is 1.18. The van der Waals surface area contributed by atoms with E-state index in [0.29, 0.717) is 16.4 Å². The Morgan fingerprint density at radius 2 is 2.26 bits per heavy atom. The standard InChI is InChI=1S/C13H13ClN2O3/c1-8-11(7-12(17)19-2)13(18)16(15-8)10-5-3-4-9(14)6-10/h3-6,11H,7H2,1-2H3. The van der Waals surface area contributed by atoms with Crippen molar-refractivity contribution in [3.63, 3.8) is 0 Å². The summed E-state index contributed by atoms with van der Waals surface area (Å²) < 4.78 is 4.58. The fourth-order valence-electron chi connectivity index (χ4n) is 1.88. The van der Waals surface area contributed by atoms with Crippen molar-refractivity contribution < 1.29 is 14.3 Å². The number of methoxy groups -OCH3 is 1. The van der Waals surface area contributed by atoms with E-state index in [4.69, 9.17) is 11.6 Å². The first-order valence-corrected chi connectivity index (χ1v) is 6.12. The minimum Gasteiger partial charge on any atom is -0.469 e. The number of hydrazone groups is 1. The van der Waals surface area contributed by atoms with Crippen molar-refractivity contribution in [1.82, 2.24) is 0 Å². The summed E-state index contributed by atoms with van der Waals surface area (Å²) in [5, 5.41) is 5.98. The molecule has 0 saturated carbocycles. The molecule has 1 aromatic carbocycles. The molecule has 1 aromatic rings. The Kier molecular flexibility index (Phi) is 3.85. The molecule has 0 saturated heterocycles. The number of halogens is 1. The first-order chi connectivity index (χ1) is 9.02. The molecule has 1 unspecified atom stereocenters. The van der Waals surface area contributed by atoms with Gasteiger partial charge in [0.15, 0.2) is 0 Å². The fraction of sp³-hybridized carbons (Fsp3) is 0.308. The summed E-state index contributed by atoms with van der Waals surface area (Å²) in [6.07, 6.45) is 0.00172. The lowest BCUT2D eigenvalue weighted by Gasteiger charge is -2.14. The highest BCUT2D eigenvalue weighted by Crippen LogP contribution is 2.27. The molecule has 0 bridgehead atoms. The third-order valence-electron chi connectivity index (χ3n) is 2.92. The van der Waals surface area contributed by atoms with Crippen LogP contribution in [0.25, 0.3) is 0 Å². The Morgan fingerprint density at radius 3 is 2.89 bits per heavy atom. The number of ether oxygens (including phenoxy) is 1. The van der Waals surface area contributed by atoms with Crippen LogP contribution in [-0.4, -0.2) is 24.7 Å². The van der Waals surface area contributed by atoms with Crippen molar-refractivity contribution >= 4 is 34.9 Å². The van der Waals surface area contributed by atoms with Gasteiger partial charge in [-0.05, 0) is 25.1 Å². The van der Waals surface area contributed by atoms with Crippen LogP contribution in [-0.2, 0) is 14.3 Å². The fourth-order valence-corrected chi connectivity index (χ4v) is 2.07. The second kappa shape index (κ2) is 5.40. The van der Waals surface area contributed by atoms with Gasteiger partial charge in [0.25, 0.3) is 5.91 Å². The number of carbonyl (C=O) groups excluding carboxylic acids is 2. The maximum absolute atomic E-state index is 12.2. The lowest BCUT2D eigenvalue weighted by atomic mass is 10.0. The highest BCUT2D eigenvalue weighted by molar-refractivity contribution is 6.31. The normalized spacial score (nSPS) is 18.5. The van der Waals surface area contributed by atoms with Gasteiger partial charge in [0.2, 0.25) is 0 Å². The van der Waals surface area contributed by atoms with Gasteiger partial charge in [-0.1, -0.05) is 17.7 Å². The van der Waals surface area contributed by atoms with Gasteiger partial charge < -0.3 is 4.74 Å². The van der Waals surface area contributed by atoms with Crippen molar-refractivity contribution in [2.24, 2.45) is 11.0 Å². The number of esters is 1. The molecular formula is C13H13ClN2O3. The highest BCUT2D eigenvalue weighted by Gasteiger charge is 2.36. The van der Waals surface area contributed by atoms with Crippen LogP contribution < -0.4 is 5.01 Å². The first kappa shape index (κ1) is 13.5. The zero-order chi connectivity index (χ0) is 14.0. The largest absolute Gasteiger partial charge is 0.469 e. The van der Waals surface area contributed by atoms with Gasteiger partial charge in [-0.2, -0.15) is 5.10 Å². The molecule has 1 amide bonds. The first-order valence-electron chi connectivity index (χ1n) is 5.74. The number of hydrogen-bond acceptors (Lipinski definition) is 4. The quantitative estimate of drug-likeness (QED) is 0.798. The van der Waals surface area contributed by atoms with Gasteiger partial charge in [-0.3, -0.25) is 9.59 Å². The van der Waals surface area contributed by atoms with Crippen LogP contribution in [0.4, 0.5) is 5.69 Å². The summed E-state index contributed by atoms with van der Waals surface area (Å²) in [7, 11) is 1.29. The van der Waals surface area contributed by atoms with E-state index in [0.717, 1.165) is 0 Å².